The summed E-state index contributed by atoms with van der Waals surface area (Å²) in [5.41, 5.74) is 3.44. The van der Waals surface area contributed by atoms with Crippen LogP contribution in [-0.2, 0) is 16.0 Å². The van der Waals surface area contributed by atoms with Crippen LogP contribution in [0.25, 0.3) is 11.8 Å². The van der Waals surface area contributed by atoms with E-state index in [2.05, 4.69) is 50.8 Å². The Morgan fingerprint density at radius 3 is 2.53 bits per heavy atom. The van der Waals surface area contributed by atoms with Crippen LogP contribution in [0, 0.1) is 5.82 Å². The molecule has 0 radical (unpaired) electrons. The number of benzene rings is 3. The van der Waals surface area contributed by atoms with E-state index in [1.165, 1.54) is 64.5 Å². The van der Waals surface area contributed by atoms with Gasteiger partial charge in [0.2, 0.25) is 5.91 Å². The van der Waals surface area contributed by atoms with Crippen molar-refractivity contribution in [2.45, 2.75) is 24.9 Å². The molecule has 2 amide bonds. The summed E-state index contributed by atoms with van der Waals surface area (Å²) in [4.78, 5) is 45.3. The van der Waals surface area contributed by atoms with Crippen molar-refractivity contribution >= 4 is 46.8 Å². The van der Waals surface area contributed by atoms with Gasteiger partial charge in [-0.05, 0) is 97.0 Å². The standard InChI is InChI=1S/C33H32ClFN8O4/c1-40(2)22-14-16-41(18-22)27-5-3-4-24-23(27)15-17-42(31(24)32(45)37-21-8-6-20(7-9-21)33(46)47)29(44)13-10-25-28(43-19-36-38-39-43)12-11-26(34)30(25)35/h3-13,19,22,31H,14-18H2,1-2H3,(H,37,45)(H,46,47)/b13-10+. The fourth-order valence-electron chi connectivity index (χ4n) is 6.19. The Hall–Kier alpha value is -5.14. The molecule has 2 aliphatic rings. The van der Waals surface area contributed by atoms with Crippen LogP contribution in [0.15, 0.2) is 67.0 Å². The number of carbonyl (C=O) groups excluding carboxylic acids is 2. The maximum atomic E-state index is 15.2. The molecule has 6 rings (SSSR count). The van der Waals surface area contributed by atoms with E-state index in [1.54, 1.807) is 0 Å². The van der Waals surface area contributed by atoms with Crippen molar-refractivity contribution in [3.8, 4) is 5.69 Å². The highest BCUT2D eigenvalue weighted by atomic mass is 35.5. The molecule has 0 spiro atoms. The molecular weight excluding hydrogens is 627 g/mol. The van der Waals surface area contributed by atoms with Gasteiger partial charge in [0.25, 0.3) is 5.91 Å². The van der Waals surface area contributed by atoms with Gasteiger partial charge < -0.3 is 25.1 Å². The molecule has 3 heterocycles. The Morgan fingerprint density at radius 1 is 1.06 bits per heavy atom. The first kappa shape index (κ1) is 31.8. The lowest BCUT2D eigenvalue weighted by atomic mass is 9.90. The first-order valence-electron chi connectivity index (χ1n) is 15.0. The van der Waals surface area contributed by atoms with E-state index in [0.29, 0.717) is 23.7 Å². The zero-order valence-electron chi connectivity index (χ0n) is 25.7. The van der Waals surface area contributed by atoms with Crippen molar-refractivity contribution in [3.05, 3.63) is 100 Å². The van der Waals surface area contributed by atoms with Gasteiger partial charge in [0.1, 0.15) is 12.4 Å². The Morgan fingerprint density at radius 2 is 1.85 bits per heavy atom. The SMILES string of the molecule is CN(C)C1CCN(c2cccc3c2CCN(C(=O)/C=C/c2c(-n4cnnn4)ccc(Cl)c2F)C3C(=O)Nc2ccc(C(=O)O)cc2)C1. The van der Waals surface area contributed by atoms with Crippen LogP contribution in [0.2, 0.25) is 5.02 Å². The first-order valence-corrected chi connectivity index (χ1v) is 15.4. The summed E-state index contributed by atoms with van der Waals surface area (Å²) < 4.78 is 16.5. The van der Waals surface area contributed by atoms with E-state index in [0.717, 1.165) is 30.8 Å². The summed E-state index contributed by atoms with van der Waals surface area (Å²) in [6, 6.07) is 13.9. The molecule has 1 saturated heterocycles. The number of carbonyl (C=O) groups is 3. The molecule has 1 fully saturated rings. The number of rotatable bonds is 8. The molecule has 2 aliphatic heterocycles. The zero-order chi connectivity index (χ0) is 33.2. The van der Waals surface area contributed by atoms with Crippen molar-refractivity contribution in [3.63, 3.8) is 0 Å². The lowest BCUT2D eigenvalue weighted by Crippen LogP contribution is -2.45. The Balaban J connectivity index is 1.35. The summed E-state index contributed by atoms with van der Waals surface area (Å²) in [5.74, 6) is -2.82. The fourth-order valence-corrected chi connectivity index (χ4v) is 6.36. The van der Waals surface area contributed by atoms with E-state index in [-0.39, 0.29) is 28.4 Å². The van der Waals surface area contributed by atoms with Crippen LogP contribution in [0.1, 0.15) is 39.5 Å². The molecule has 0 saturated carbocycles. The number of likely N-dealkylation sites (N-methyl/N-ethyl adjacent to an activating group) is 1. The number of carboxylic acids is 1. The number of aromatic carboxylic acids is 1. The third kappa shape index (κ3) is 6.44. The van der Waals surface area contributed by atoms with Crippen molar-refractivity contribution in [1.29, 1.82) is 0 Å². The first-order chi connectivity index (χ1) is 22.6. The van der Waals surface area contributed by atoms with Gasteiger partial charge in [-0.15, -0.1) is 5.10 Å². The molecule has 12 nitrogen and oxygen atoms in total. The van der Waals surface area contributed by atoms with Crippen molar-refractivity contribution < 1.29 is 23.9 Å². The van der Waals surface area contributed by atoms with Crippen LogP contribution >= 0.6 is 11.6 Å². The monoisotopic (exact) mass is 658 g/mol. The topological polar surface area (TPSA) is 137 Å². The van der Waals surface area contributed by atoms with Gasteiger partial charge in [-0.25, -0.2) is 9.18 Å². The number of carboxylic acid groups (broad SMARTS) is 1. The second-order valence-corrected chi connectivity index (χ2v) is 12.0. The minimum absolute atomic E-state index is 0.00171. The van der Waals surface area contributed by atoms with E-state index >= 15 is 4.39 Å². The number of nitrogens with one attached hydrogen (secondary N) is 1. The summed E-state index contributed by atoms with van der Waals surface area (Å²) in [6.45, 7) is 1.94. The lowest BCUT2D eigenvalue weighted by molar-refractivity contribution is -0.135. The number of hydrogen-bond acceptors (Lipinski definition) is 8. The van der Waals surface area contributed by atoms with Gasteiger partial charge in [-0.3, -0.25) is 9.59 Å². The summed E-state index contributed by atoms with van der Waals surface area (Å²) in [5, 5.41) is 23.0. The van der Waals surface area contributed by atoms with Crippen LogP contribution in [0.5, 0.6) is 0 Å². The van der Waals surface area contributed by atoms with Crippen molar-refractivity contribution in [2.24, 2.45) is 0 Å². The molecule has 1 aromatic heterocycles. The second-order valence-electron chi connectivity index (χ2n) is 11.6. The number of halogens is 2. The van der Waals surface area contributed by atoms with Gasteiger partial charge >= 0.3 is 5.97 Å². The van der Waals surface area contributed by atoms with E-state index in [9.17, 15) is 19.5 Å². The molecule has 2 atom stereocenters. The molecule has 2 unspecified atom stereocenters. The predicted octanol–water partition coefficient (Wildman–Crippen LogP) is 4.07. The molecule has 2 N–H and O–H groups in total. The number of tetrazole rings is 1. The molecular formula is C33H32ClFN8O4. The third-order valence-corrected chi connectivity index (χ3v) is 8.95. The molecule has 0 aliphatic carbocycles. The summed E-state index contributed by atoms with van der Waals surface area (Å²) in [6.07, 6.45) is 5.33. The quantitative estimate of drug-likeness (QED) is 0.269. The normalized spacial score (nSPS) is 17.7. The number of amides is 2. The minimum Gasteiger partial charge on any atom is -0.478 e. The minimum atomic E-state index is -1.09. The number of aromatic nitrogens is 4. The zero-order valence-corrected chi connectivity index (χ0v) is 26.4. The average Bonchev–Trinajstić information content (AvgIpc) is 3.78. The van der Waals surface area contributed by atoms with Gasteiger partial charge in [-0.1, -0.05) is 23.7 Å². The maximum absolute atomic E-state index is 15.2. The number of anilines is 2. The van der Waals surface area contributed by atoms with Gasteiger partial charge in [0.15, 0.2) is 5.82 Å². The van der Waals surface area contributed by atoms with Gasteiger partial charge in [0.05, 0.1) is 16.3 Å². The Kier molecular flexibility index (Phi) is 9.01. The largest absolute Gasteiger partial charge is 0.478 e. The van der Waals surface area contributed by atoms with Crippen LogP contribution in [0.4, 0.5) is 15.8 Å². The Labute approximate surface area is 275 Å². The fraction of sp³-hybridized carbons (Fsp3) is 0.273. The maximum Gasteiger partial charge on any atom is 0.335 e. The molecule has 242 valence electrons. The lowest BCUT2D eigenvalue weighted by Gasteiger charge is -2.38. The molecule has 47 heavy (non-hydrogen) atoms. The van der Waals surface area contributed by atoms with Crippen molar-refractivity contribution in [2.75, 3.05) is 43.9 Å². The molecule has 14 heteroatoms. The highest BCUT2D eigenvalue weighted by Gasteiger charge is 2.38. The van der Waals surface area contributed by atoms with Crippen LogP contribution in [0.3, 0.4) is 0 Å². The van der Waals surface area contributed by atoms with Crippen LogP contribution in [-0.4, -0.2) is 92.7 Å². The predicted molar refractivity (Wildman–Crippen MR) is 174 cm³/mol. The average molecular weight is 659 g/mol. The molecule has 3 aromatic carbocycles. The van der Waals surface area contributed by atoms with E-state index in [4.69, 9.17) is 11.6 Å². The van der Waals surface area contributed by atoms with Crippen molar-refractivity contribution in [1.82, 2.24) is 30.0 Å². The second kappa shape index (κ2) is 13.3. The number of nitrogens with zero attached hydrogens (tertiary/aromatic N) is 7. The van der Waals surface area contributed by atoms with E-state index in [1.807, 2.05) is 12.1 Å². The number of fused-ring (bicyclic) bond motifs is 1. The highest BCUT2D eigenvalue weighted by molar-refractivity contribution is 6.31. The third-order valence-electron chi connectivity index (χ3n) is 8.66. The molecule has 4 aromatic rings. The highest BCUT2D eigenvalue weighted by Crippen LogP contribution is 2.38. The van der Waals surface area contributed by atoms with Crippen LogP contribution < -0.4 is 10.2 Å². The van der Waals surface area contributed by atoms with Gasteiger partial charge in [0, 0.05) is 48.7 Å². The smallest absolute Gasteiger partial charge is 0.335 e. The molecule has 0 bridgehead atoms. The summed E-state index contributed by atoms with van der Waals surface area (Å²) >= 11 is 6.07. The Bertz CT molecular complexity index is 1850. The van der Waals surface area contributed by atoms with E-state index < -0.39 is 29.6 Å². The summed E-state index contributed by atoms with van der Waals surface area (Å²) in [7, 11) is 4.13. The number of hydrogen-bond donors (Lipinski definition) is 2. The van der Waals surface area contributed by atoms with Gasteiger partial charge in [-0.2, -0.15) is 4.68 Å².